The molecule has 0 spiro atoms. The molecule has 2 aliphatic heterocycles. The van der Waals surface area contributed by atoms with E-state index >= 15 is 0 Å². The van der Waals surface area contributed by atoms with Gasteiger partial charge in [-0.05, 0) is 19.4 Å². The fraction of sp³-hybridized carbons (Fsp3) is 0.818. The van der Waals surface area contributed by atoms with Crippen molar-refractivity contribution in [2.75, 3.05) is 32.7 Å². The van der Waals surface area contributed by atoms with Crippen LogP contribution in [-0.4, -0.2) is 65.7 Å². The Morgan fingerprint density at radius 3 is 2.88 bits per heavy atom. The number of carboxylic acid groups (broad SMARTS) is 1. The molecule has 0 saturated carbocycles. The van der Waals surface area contributed by atoms with E-state index in [9.17, 15) is 9.59 Å². The fourth-order valence-corrected chi connectivity index (χ4v) is 2.56. The minimum Gasteiger partial charge on any atom is -0.481 e. The molecule has 2 saturated heterocycles. The summed E-state index contributed by atoms with van der Waals surface area (Å²) < 4.78 is 0. The Morgan fingerprint density at radius 1 is 1.29 bits per heavy atom. The Hall–Kier alpha value is -1.30. The number of hydrogen-bond donors (Lipinski definition) is 2. The molecule has 6 nitrogen and oxygen atoms in total. The third kappa shape index (κ3) is 3.09. The minimum absolute atomic E-state index is 0.0187. The van der Waals surface area contributed by atoms with Crippen LogP contribution in [0.15, 0.2) is 0 Å². The summed E-state index contributed by atoms with van der Waals surface area (Å²) in [5, 5.41) is 11.1. The zero-order valence-corrected chi connectivity index (χ0v) is 9.89. The average Bonchev–Trinajstić information content (AvgIpc) is 2.75. The number of fused-ring (bicyclic) bond motifs is 1. The molecular formula is C11H19N3O3. The Kier molecular flexibility index (Phi) is 3.83. The number of nitrogens with one attached hydrogen (secondary N) is 1. The molecule has 2 amide bonds. The van der Waals surface area contributed by atoms with Crippen LogP contribution < -0.4 is 5.32 Å². The Morgan fingerprint density at radius 2 is 2.12 bits per heavy atom. The highest BCUT2D eigenvalue weighted by Crippen LogP contribution is 2.21. The normalized spacial score (nSPS) is 24.5. The van der Waals surface area contributed by atoms with Crippen LogP contribution in [0, 0.1) is 0 Å². The first-order chi connectivity index (χ1) is 8.16. The molecule has 0 bridgehead atoms. The molecule has 1 unspecified atom stereocenters. The van der Waals surface area contributed by atoms with Crippen LogP contribution >= 0.6 is 0 Å². The van der Waals surface area contributed by atoms with E-state index < -0.39 is 5.97 Å². The molecule has 2 fully saturated rings. The molecule has 0 aromatic carbocycles. The topological polar surface area (TPSA) is 72.9 Å². The van der Waals surface area contributed by atoms with Gasteiger partial charge in [-0.15, -0.1) is 0 Å². The molecule has 96 valence electrons. The van der Waals surface area contributed by atoms with Crippen molar-refractivity contribution in [1.82, 2.24) is 15.1 Å². The molecule has 2 aliphatic rings. The highest BCUT2D eigenvalue weighted by Gasteiger charge is 2.32. The van der Waals surface area contributed by atoms with Crippen LogP contribution in [0.1, 0.15) is 19.3 Å². The zero-order chi connectivity index (χ0) is 12.3. The maximum Gasteiger partial charge on any atom is 0.317 e. The largest absolute Gasteiger partial charge is 0.481 e. The van der Waals surface area contributed by atoms with Gasteiger partial charge in [0.15, 0.2) is 0 Å². The molecule has 2 rings (SSSR count). The number of hydrogen-bond acceptors (Lipinski definition) is 3. The summed E-state index contributed by atoms with van der Waals surface area (Å²) in [5.41, 5.74) is 0. The quantitative estimate of drug-likeness (QED) is 0.726. The maximum atomic E-state index is 11.8. The Bertz CT molecular complexity index is 308. The van der Waals surface area contributed by atoms with Crippen molar-refractivity contribution < 1.29 is 14.7 Å². The first kappa shape index (κ1) is 12.2. The van der Waals surface area contributed by atoms with Crippen molar-refractivity contribution in [2.45, 2.75) is 25.3 Å². The van der Waals surface area contributed by atoms with E-state index in [1.807, 2.05) is 0 Å². The third-order valence-electron chi connectivity index (χ3n) is 3.49. The van der Waals surface area contributed by atoms with Crippen molar-refractivity contribution in [2.24, 2.45) is 0 Å². The monoisotopic (exact) mass is 241 g/mol. The van der Waals surface area contributed by atoms with Crippen LogP contribution in [0.5, 0.6) is 0 Å². The lowest BCUT2D eigenvalue weighted by molar-refractivity contribution is -0.136. The lowest BCUT2D eigenvalue weighted by Gasteiger charge is -2.37. The summed E-state index contributed by atoms with van der Waals surface area (Å²) in [4.78, 5) is 26.3. The third-order valence-corrected chi connectivity index (χ3v) is 3.49. The minimum atomic E-state index is -0.883. The summed E-state index contributed by atoms with van der Waals surface area (Å²) in [7, 11) is 0. The maximum absolute atomic E-state index is 11.8. The molecule has 2 heterocycles. The van der Waals surface area contributed by atoms with E-state index in [2.05, 4.69) is 10.2 Å². The van der Waals surface area contributed by atoms with Gasteiger partial charge in [-0.3, -0.25) is 9.69 Å². The highest BCUT2D eigenvalue weighted by atomic mass is 16.4. The molecule has 0 aliphatic carbocycles. The number of aliphatic carboxylic acids is 1. The van der Waals surface area contributed by atoms with Gasteiger partial charge in [-0.1, -0.05) is 0 Å². The van der Waals surface area contributed by atoms with Crippen LogP contribution in [0.25, 0.3) is 0 Å². The van der Waals surface area contributed by atoms with Gasteiger partial charge in [0.25, 0.3) is 0 Å². The number of carbonyl (C=O) groups is 2. The van der Waals surface area contributed by atoms with Gasteiger partial charge in [0.2, 0.25) is 0 Å². The zero-order valence-electron chi connectivity index (χ0n) is 9.89. The van der Waals surface area contributed by atoms with Crippen molar-refractivity contribution in [1.29, 1.82) is 0 Å². The van der Waals surface area contributed by atoms with E-state index in [1.54, 1.807) is 4.90 Å². The van der Waals surface area contributed by atoms with Crippen molar-refractivity contribution in [3.8, 4) is 0 Å². The summed E-state index contributed by atoms with van der Waals surface area (Å²) in [5.74, 6) is -0.883. The lowest BCUT2D eigenvalue weighted by atomic mass is 10.2. The van der Waals surface area contributed by atoms with Gasteiger partial charge in [0, 0.05) is 32.2 Å². The molecule has 1 atom stereocenters. The summed E-state index contributed by atoms with van der Waals surface area (Å²) in [6.07, 6.45) is 2.37. The second-order valence-corrected chi connectivity index (χ2v) is 4.65. The lowest BCUT2D eigenvalue weighted by Crippen LogP contribution is -2.54. The number of amides is 2. The van der Waals surface area contributed by atoms with Crippen LogP contribution in [0.3, 0.4) is 0 Å². The van der Waals surface area contributed by atoms with Crippen LogP contribution in [0.4, 0.5) is 4.79 Å². The Labute approximate surface area is 101 Å². The average molecular weight is 241 g/mol. The van der Waals surface area contributed by atoms with Crippen molar-refractivity contribution in [3.05, 3.63) is 0 Å². The molecular weight excluding hydrogens is 222 g/mol. The Balaban J connectivity index is 1.74. The molecule has 0 radical (unpaired) electrons. The fourth-order valence-electron chi connectivity index (χ4n) is 2.56. The number of urea groups is 1. The first-order valence-electron chi connectivity index (χ1n) is 6.15. The van der Waals surface area contributed by atoms with Gasteiger partial charge in [0.1, 0.15) is 0 Å². The molecule has 0 aromatic heterocycles. The van der Waals surface area contributed by atoms with E-state index in [-0.39, 0.29) is 19.0 Å². The number of carbonyl (C=O) groups excluding carboxylic acids is 1. The predicted octanol–water partition coefficient (Wildman–Crippen LogP) is -0.0493. The number of piperazine rings is 1. The summed E-state index contributed by atoms with van der Waals surface area (Å²) in [6, 6.07) is 0.381. The smallest absolute Gasteiger partial charge is 0.317 e. The highest BCUT2D eigenvalue weighted by molar-refractivity contribution is 5.75. The second-order valence-electron chi connectivity index (χ2n) is 4.65. The second kappa shape index (κ2) is 5.35. The van der Waals surface area contributed by atoms with Gasteiger partial charge in [0.05, 0.1) is 6.42 Å². The van der Waals surface area contributed by atoms with Gasteiger partial charge in [-0.25, -0.2) is 4.79 Å². The van der Waals surface area contributed by atoms with Crippen LogP contribution in [0.2, 0.25) is 0 Å². The van der Waals surface area contributed by atoms with Crippen molar-refractivity contribution >= 4 is 12.0 Å². The van der Waals surface area contributed by atoms with Gasteiger partial charge < -0.3 is 15.3 Å². The number of nitrogens with zero attached hydrogens (tertiary/aromatic N) is 2. The van der Waals surface area contributed by atoms with E-state index in [1.165, 1.54) is 12.8 Å². The number of rotatable bonds is 3. The van der Waals surface area contributed by atoms with E-state index in [0.29, 0.717) is 6.04 Å². The van der Waals surface area contributed by atoms with E-state index in [0.717, 1.165) is 26.2 Å². The summed E-state index contributed by atoms with van der Waals surface area (Å²) >= 11 is 0. The molecule has 17 heavy (non-hydrogen) atoms. The van der Waals surface area contributed by atoms with E-state index in [4.69, 9.17) is 5.11 Å². The van der Waals surface area contributed by atoms with Crippen molar-refractivity contribution in [3.63, 3.8) is 0 Å². The molecule has 2 N–H and O–H groups in total. The first-order valence-corrected chi connectivity index (χ1v) is 6.15. The van der Waals surface area contributed by atoms with Gasteiger partial charge >= 0.3 is 12.0 Å². The molecule has 0 aromatic rings. The summed E-state index contributed by atoms with van der Waals surface area (Å²) in [6.45, 7) is 3.82. The molecule has 6 heteroatoms. The SMILES string of the molecule is O=C(O)CCNC(=O)N1CCN2CCCC2C1. The standard InChI is InChI=1S/C11H19N3O3/c15-10(16)3-4-12-11(17)14-7-6-13-5-1-2-9(13)8-14/h9H,1-8H2,(H,12,17)(H,15,16). The van der Waals surface area contributed by atoms with Crippen LogP contribution in [-0.2, 0) is 4.79 Å². The van der Waals surface area contributed by atoms with Gasteiger partial charge in [-0.2, -0.15) is 0 Å². The number of carboxylic acids is 1. The predicted molar refractivity (Wildman–Crippen MR) is 61.8 cm³/mol.